The zero-order chi connectivity index (χ0) is 8.48. The average Bonchev–Trinajstić information content (AvgIpc) is 2.31. The zero-order valence-corrected chi connectivity index (χ0v) is 7.98. The molecule has 0 N–H and O–H groups in total. The topological polar surface area (TPSA) is 29.5 Å². The van der Waals surface area contributed by atoms with E-state index in [2.05, 4.69) is 5.92 Å². The summed E-state index contributed by atoms with van der Waals surface area (Å²) in [5.74, 6) is 2.42. The second-order valence-electron chi connectivity index (χ2n) is 1.93. The summed E-state index contributed by atoms with van der Waals surface area (Å²) in [6.45, 7) is -2.70. The molecule has 1 heterocycles. The van der Waals surface area contributed by atoms with Crippen LogP contribution in [0.3, 0.4) is 0 Å². The van der Waals surface area contributed by atoms with E-state index in [1.165, 1.54) is 11.8 Å². The van der Waals surface area contributed by atoms with Crippen molar-refractivity contribution in [2.75, 3.05) is 14.2 Å². The normalized spacial score (nSPS) is 29.9. The average molecular weight is 189 g/mol. The molecule has 0 aliphatic carbocycles. The van der Waals surface area contributed by atoms with Gasteiger partial charge >= 0.3 is 6.72 Å². The fourth-order valence-corrected chi connectivity index (χ4v) is 3.72. The molecule has 0 aromatic carbocycles. The number of nitrogens with zero attached hydrogens (tertiary/aromatic N) is 1. The standard InChI is InChI=1S/C6H8NO2PS/c1-4-6-5-11-10(8,9-3)7(6)2/h1,5H,2-3H3. The van der Waals surface area contributed by atoms with Crippen LogP contribution in [0.25, 0.3) is 0 Å². The molecule has 0 aromatic rings. The van der Waals surface area contributed by atoms with Gasteiger partial charge in [-0.15, -0.1) is 6.42 Å². The fraction of sp³-hybridized carbons (Fsp3) is 0.333. The maximum atomic E-state index is 11.6. The lowest BCUT2D eigenvalue weighted by Crippen LogP contribution is -2.07. The van der Waals surface area contributed by atoms with Gasteiger partial charge in [-0.05, 0) is 11.4 Å². The van der Waals surface area contributed by atoms with Gasteiger partial charge in [-0.25, -0.2) is 0 Å². The molecule has 0 amide bonds. The van der Waals surface area contributed by atoms with Gasteiger partial charge in [0.15, 0.2) is 0 Å². The lowest BCUT2D eigenvalue weighted by Gasteiger charge is -2.19. The van der Waals surface area contributed by atoms with Crippen LogP contribution in [0.15, 0.2) is 11.1 Å². The molecule has 60 valence electrons. The van der Waals surface area contributed by atoms with Crippen molar-refractivity contribution < 1.29 is 9.09 Å². The second kappa shape index (κ2) is 2.94. The summed E-state index contributed by atoms with van der Waals surface area (Å²) in [6, 6.07) is 0. The van der Waals surface area contributed by atoms with Crippen LogP contribution in [-0.4, -0.2) is 18.8 Å². The Bertz CT molecular complexity index is 281. The van der Waals surface area contributed by atoms with Gasteiger partial charge in [0, 0.05) is 19.6 Å². The minimum absolute atomic E-state index is 0.611. The van der Waals surface area contributed by atoms with Crippen molar-refractivity contribution in [3.05, 3.63) is 11.1 Å². The van der Waals surface area contributed by atoms with E-state index in [1.54, 1.807) is 12.5 Å². The lowest BCUT2D eigenvalue weighted by atomic mass is 10.5. The number of terminal acetylenes is 1. The van der Waals surface area contributed by atoms with Crippen LogP contribution in [-0.2, 0) is 9.09 Å². The van der Waals surface area contributed by atoms with Crippen molar-refractivity contribution in [1.82, 2.24) is 4.67 Å². The van der Waals surface area contributed by atoms with E-state index in [0.717, 1.165) is 11.4 Å². The first-order valence-corrected chi connectivity index (χ1v) is 5.95. The fourth-order valence-electron chi connectivity index (χ4n) is 0.688. The van der Waals surface area contributed by atoms with E-state index in [-0.39, 0.29) is 0 Å². The van der Waals surface area contributed by atoms with Crippen LogP contribution in [0.2, 0.25) is 0 Å². The third kappa shape index (κ3) is 1.32. The Balaban J connectivity index is 2.89. The Morgan fingerprint density at radius 1 is 1.91 bits per heavy atom. The maximum absolute atomic E-state index is 11.6. The van der Waals surface area contributed by atoms with Crippen LogP contribution in [0.5, 0.6) is 0 Å². The third-order valence-electron chi connectivity index (χ3n) is 1.39. The van der Waals surface area contributed by atoms with Crippen LogP contribution >= 0.6 is 18.1 Å². The number of rotatable bonds is 1. The highest BCUT2D eigenvalue weighted by Gasteiger charge is 2.34. The van der Waals surface area contributed by atoms with Crippen LogP contribution in [0.1, 0.15) is 0 Å². The molecule has 0 saturated heterocycles. The van der Waals surface area contributed by atoms with Crippen molar-refractivity contribution in [2.24, 2.45) is 0 Å². The summed E-state index contributed by atoms with van der Waals surface area (Å²) >= 11 is 1.14. The summed E-state index contributed by atoms with van der Waals surface area (Å²) in [5, 5.41) is 1.67. The van der Waals surface area contributed by atoms with E-state index in [0.29, 0.717) is 5.70 Å². The smallest absolute Gasteiger partial charge is 0.309 e. The van der Waals surface area contributed by atoms with E-state index in [4.69, 9.17) is 10.9 Å². The summed E-state index contributed by atoms with van der Waals surface area (Å²) < 4.78 is 17.9. The predicted molar refractivity (Wildman–Crippen MR) is 46.9 cm³/mol. The Kier molecular flexibility index (Phi) is 2.34. The van der Waals surface area contributed by atoms with Crippen LogP contribution in [0.4, 0.5) is 0 Å². The van der Waals surface area contributed by atoms with Gasteiger partial charge in [0.05, 0.1) is 0 Å². The molecule has 1 aliphatic heterocycles. The van der Waals surface area contributed by atoms with Gasteiger partial charge in [0.1, 0.15) is 5.70 Å². The number of hydrogen-bond donors (Lipinski definition) is 0. The lowest BCUT2D eigenvalue weighted by molar-refractivity contribution is 0.371. The van der Waals surface area contributed by atoms with Crippen molar-refractivity contribution in [3.8, 4) is 12.3 Å². The molecule has 0 saturated carbocycles. The van der Waals surface area contributed by atoms with E-state index in [9.17, 15) is 4.57 Å². The largest absolute Gasteiger partial charge is 0.357 e. The molecule has 0 radical (unpaired) electrons. The molecular formula is C6H8NO2PS. The van der Waals surface area contributed by atoms with E-state index < -0.39 is 6.72 Å². The van der Waals surface area contributed by atoms with Gasteiger partial charge < -0.3 is 4.52 Å². The minimum Gasteiger partial charge on any atom is -0.309 e. The first kappa shape index (κ1) is 8.73. The van der Waals surface area contributed by atoms with Crippen molar-refractivity contribution in [3.63, 3.8) is 0 Å². The van der Waals surface area contributed by atoms with Gasteiger partial charge in [-0.3, -0.25) is 9.24 Å². The van der Waals surface area contributed by atoms with E-state index >= 15 is 0 Å². The predicted octanol–water partition coefficient (Wildman–Crippen LogP) is 1.89. The Labute approximate surface area is 70.0 Å². The molecule has 0 spiro atoms. The molecule has 3 nitrogen and oxygen atoms in total. The highest BCUT2D eigenvalue weighted by molar-refractivity contribution is 8.57. The Morgan fingerprint density at radius 2 is 2.55 bits per heavy atom. The summed E-state index contributed by atoms with van der Waals surface area (Å²) in [6.07, 6.45) is 5.15. The zero-order valence-electron chi connectivity index (χ0n) is 6.27. The van der Waals surface area contributed by atoms with Gasteiger partial charge in [0.2, 0.25) is 0 Å². The molecule has 1 unspecified atom stereocenters. The molecule has 1 aliphatic rings. The molecular weight excluding hydrogens is 181 g/mol. The molecule has 1 rings (SSSR count). The van der Waals surface area contributed by atoms with Gasteiger partial charge in [0.25, 0.3) is 0 Å². The molecule has 0 fully saturated rings. The Hall–Kier alpha value is -0.360. The molecule has 11 heavy (non-hydrogen) atoms. The molecule has 1 atom stereocenters. The van der Waals surface area contributed by atoms with Gasteiger partial charge in [-0.1, -0.05) is 5.92 Å². The number of allylic oxidation sites excluding steroid dienone is 1. The third-order valence-corrected chi connectivity index (χ3v) is 5.70. The van der Waals surface area contributed by atoms with Crippen molar-refractivity contribution in [1.29, 1.82) is 0 Å². The van der Waals surface area contributed by atoms with Gasteiger partial charge in [-0.2, -0.15) is 0 Å². The summed E-state index contributed by atoms with van der Waals surface area (Å²) in [5.41, 5.74) is 0.611. The number of hydrogen-bond acceptors (Lipinski definition) is 3. The first-order valence-electron chi connectivity index (χ1n) is 2.89. The highest BCUT2D eigenvalue weighted by Crippen LogP contribution is 2.67. The quantitative estimate of drug-likeness (QED) is 0.465. The monoisotopic (exact) mass is 189 g/mol. The molecule has 0 aromatic heterocycles. The minimum atomic E-state index is -2.70. The Morgan fingerprint density at radius 3 is 2.82 bits per heavy atom. The highest BCUT2D eigenvalue weighted by atomic mass is 32.7. The van der Waals surface area contributed by atoms with Crippen LogP contribution < -0.4 is 0 Å². The molecule has 0 bridgehead atoms. The summed E-state index contributed by atoms with van der Waals surface area (Å²) in [4.78, 5) is 0. The van der Waals surface area contributed by atoms with Crippen LogP contribution in [0, 0.1) is 12.3 Å². The van der Waals surface area contributed by atoms with Crippen molar-refractivity contribution >= 4 is 18.1 Å². The summed E-state index contributed by atoms with van der Waals surface area (Å²) in [7, 11) is 3.08. The second-order valence-corrected chi connectivity index (χ2v) is 6.29. The maximum Gasteiger partial charge on any atom is 0.357 e. The first-order chi connectivity index (χ1) is 5.14. The molecule has 5 heteroatoms. The van der Waals surface area contributed by atoms with Crippen molar-refractivity contribution in [2.45, 2.75) is 0 Å². The van der Waals surface area contributed by atoms with E-state index in [1.807, 2.05) is 0 Å². The SMILES string of the molecule is C#CC1=CSP(=O)(OC)N1C.